The first-order valence-corrected chi connectivity index (χ1v) is 6.69. The van der Waals surface area contributed by atoms with Crippen LogP contribution in [0.5, 0.6) is 5.75 Å². The normalized spacial score (nSPS) is 13.5. The molecule has 2 aromatic rings. The predicted octanol–water partition coefficient (Wildman–Crippen LogP) is 2.70. The number of rotatable bonds is 4. The highest BCUT2D eigenvalue weighted by Crippen LogP contribution is 2.28. The van der Waals surface area contributed by atoms with Crippen molar-refractivity contribution in [1.82, 2.24) is 0 Å². The highest BCUT2D eigenvalue weighted by Gasteiger charge is 2.18. The van der Waals surface area contributed by atoms with E-state index < -0.39 is 5.97 Å². The summed E-state index contributed by atoms with van der Waals surface area (Å²) < 4.78 is 10.6. The van der Waals surface area contributed by atoms with E-state index in [1.54, 1.807) is 12.3 Å². The zero-order valence-electron chi connectivity index (χ0n) is 11.7. The number of carboxylic acid groups (broad SMARTS) is 1. The highest BCUT2D eigenvalue weighted by atomic mass is 16.7. The summed E-state index contributed by atoms with van der Waals surface area (Å²) in [5.41, 5.74) is 5.20. The van der Waals surface area contributed by atoms with Crippen LogP contribution in [0.1, 0.15) is 21.5 Å². The van der Waals surface area contributed by atoms with Crippen molar-refractivity contribution in [2.24, 2.45) is 5.10 Å². The van der Waals surface area contributed by atoms with Crippen molar-refractivity contribution in [1.29, 1.82) is 0 Å². The van der Waals surface area contributed by atoms with Gasteiger partial charge in [-0.15, -0.1) is 0 Å². The zero-order chi connectivity index (χ0) is 15.4. The molecular weight excluding hydrogens is 284 g/mol. The first kappa shape index (κ1) is 14.1. The molecule has 0 radical (unpaired) electrons. The van der Waals surface area contributed by atoms with Gasteiger partial charge in [0.25, 0.3) is 0 Å². The quantitative estimate of drug-likeness (QED) is 0.670. The highest BCUT2D eigenvalue weighted by molar-refractivity contribution is 5.93. The lowest BCUT2D eigenvalue weighted by Crippen LogP contribution is -2.14. The van der Waals surface area contributed by atoms with Gasteiger partial charge >= 0.3 is 5.97 Å². The number of hydrogen-bond acceptors (Lipinski definition) is 5. The first-order chi connectivity index (χ1) is 10.7. The van der Waals surface area contributed by atoms with Crippen LogP contribution in [-0.2, 0) is 11.3 Å². The summed E-state index contributed by atoms with van der Waals surface area (Å²) in [5, 5.41) is 13.3. The summed E-state index contributed by atoms with van der Waals surface area (Å²) >= 11 is 0. The van der Waals surface area contributed by atoms with Gasteiger partial charge in [-0.1, -0.05) is 18.2 Å². The number of nitrogens with zero attached hydrogens (tertiary/aromatic N) is 1. The van der Waals surface area contributed by atoms with Crippen LogP contribution < -0.4 is 10.2 Å². The second-order valence-corrected chi connectivity index (χ2v) is 4.71. The van der Waals surface area contributed by atoms with E-state index in [-0.39, 0.29) is 12.4 Å². The number of carboxylic acids is 1. The Morgan fingerprint density at radius 3 is 2.86 bits per heavy atom. The second kappa shape index (κ2) is 6.28. The SMILES string of the molecule is O=C(O)c1cc(C=NNc2ccccc2)c2c(c1)COCO2. The van der Waals surface area contributed by atoms with E-state index in [4.69, 9.17) is 9.47 Å². The Morgan fingerprint density at radius 2 is 2.09 bits per heavy atom. The van der Waals surface area contributed by atoms with Gasteiger partial charge in [0.2, 0.25) is 0 Å². The van der Waals surface area contributed by atoms with Gasteiger partial charge in [0, 0.05) is 11.1 Å². The van der Waals surface area contributed by atoms with Crippen molar-refractivity contribution < 1.29 is 19.4 Å². The van der Waals surface area contributed by atoms with E-state index in [1.807, 2.05) is 30.3 Å². The maximum absolute atomic E-state index is 11.2. The molecule has 0 saturated carbocycles. The Kier molecular flexibility index (Phi) is 4.02. The van der Waals surface area contributed by atoms with Crippen LogP contribution in [0.3, 0.4) is 0 Å². The summed E-state index contributed by atoms with van der Waals surface area (Å²) in [6, 6.07) is 12.5. The van der Waals surface area contributed by atoms with Crippen LogP contribution in [-0.4, -0.2) is 24.1 Å². The molecule has 0 saturated heterocycles. The Hall–Kier alpha value is -2.86. The van der Waals surface area contributed by atoms with Crippen LogP contribution in [0.15, 0.2) is 47.6 Å². The summed E-state index contributed by atoms with van der Waals surface area (Å²) in [4.78, 5) is 11.2. The fraction of sp³-hybridized carbons (Fsp3) is 0.125. The van der Waals surface area contributed by atoms with Crippen molar-refractivity contribution in [2.45, 2.75) is 6.61 Å². The number of hydrogen-bond donors (Lipinski definition) is 2. The minimum atomic E-state index is -1.00. The number of nitrogens with one attached hydrogen (secondary N) is 1. The van der Waals surface area contributed by atoms with Gasteiger partial charge < -0.3 is 14.6 Å². The maximum atomic E-state index is 11.2. The Morgan fingerprint density at radius 1 is 1.27 bits per heavy atom. The molecular formula is C16H14N2O4. The molecule has 1 heterocycles. The molecule has 3 rings (SSSR count). The third kappa shape index (κ3) is 3.07. The smallest absolute Gasteiger partial charge is 0.335 e. The third-order valence-electron chi connectivity index (χ3n) is 3.16. The molecule has 112 valence electrons. The average molecular weight is 298 g/mol. The number of fused-ring (bicyclic) bond motifs is 1. The number of aromatic carboxylic acids is 1. The molecule has 1 aliphatic heterocycles. The molecule has 1 aliphatic rings. The van der Waals surface area contributed by atoms with E-state index in [0.717, 1.165) is 5.69 Å². The van der Waals surface area contributed by atoms with Crippen LogP contribution in [0, 0.1) is 0 Å². The van der Waals surface area contributed by atoms with Crippen LogP contribution >= 0.6 is 0 Å². The fourth-order valence-electron chi connectivity index (χ4n) is 2.16. The molecule has 0 amide bonds. The predicted molar refractivity (Wildman–Crippen MR) is 81.3 cm³/mol. The molecule has 6 nitrogen and oxygen atoms in total. The molecule has 2 N–H and O–H groups in total. The van der Waals surface area contributed by atoms with Crippen molar-refractivity contribution in [3.05, 3.63) is 59.2 Å². The summed E-state index contributed by atoms with van der Waals surface area (Å²) in [6.07, 6.45) is 1.55. The molecule has 6 heteroatoms. The summed E-state index contributed by atoms with van der Waals surface area (Å²) in [6.45, 7) is 0.468. The van der Waals surface area contributed by atoms with E-state index in [0.29, 0.717) is 23.5 Å². The zero-order valence-corrected chi connectivity index (χ0v) is 11.7. The van der Waals surface area contributed by atoms with Crippen molar-refractivity contribution in [3.8, 4) is 5.75 Å². The van der Waals surface area contributed by atoms with E-state index in [2.05, 4.69) is 10.5 Å². The maximum Gasteiger partial charge on any atom is 0.335 e. The van der Waals surface area contributed by atoms with Gasteiger partial charge in [0.05, 0.1) is 24.1 Å². The Labute approximate surface area is 127 Å². The topological polar surface area (TPSA) is 80.2 Å². The molecule has 0 bridgehead atoms. The van der Waals surface area contributed by atoms with Crippen molar-refractivity contribution in [2.75, 3.05) is 12.2 Å². The molecule has 0 atom stereocenters. The average Bonchev–Trinajstić information content (AvgIpc) is 2.55. The number of para-hydroxylation sites is 1. The van der Waals surface area contributed by atoms with E-state index in [1.165, 1.54) is 6.07 Å². The largest absolute Gasteiger partial charge is 0.478 e. The van der Waals surface area contributed by atoms with Gasteiger partial charge in [-0.25, -0.2) is 4.79 Å². The minimum absolute atomic E-state index is 0.145. The molecule has 2 aromatic carbocycles. The fourth-order valence-corrected chi connectivity index (χ4v) is 2.16. The van der Waals surface area contributed by atoms with Gasteiger partial charge in [0.1, 0.15) is 5.75 Å². The second-order valence-electron chi connectivity index (χ2n) is 4.71. The lowest BCUT2D eigenvalue weighted by Gasteiger charge is -2.20. The third-order valence-corrected chi connectivity index (χ3v) is 3.16. The number of anilines is 1. The van der Waals surface area contributed by atoms with Gasteiger partial charge in [-0.3, -0.25) is 5.43 Å². The van der Waals surface area contributed by atoms with Gasteiger partial charge in [0.15, 0.2) is 6.79 Å². The van der Waals surface area contributed by atoms with Crippen molar-refractivity contribution >= 4 is 17.9 Å². The summed E-state index contributed by atoms with van der Waals surface area (Å²) in [7, 11) is 0. The Balaban J connectivity index is 1.88. The number of carbonyl (C=O) groups is 1. The van der Waals surface area contributed by atoms with Crippen LogP contribution in [0.2, 0.25) is 0 Å². The standard InChI is InChI=1S/C16H14N2O4/c19-16(20)11-6-12(15-13(7-11)9-21-10-22-15)8-17-18-14-4-2-1-3-5-14/h1-8,18H,9-10H2,(H,19,20). The Bertz CT molecular complexity index is 714. The molecule has 0 aliphatic carbocycles. The van der Waals surface area contributed by atoms with Crippen LogP contribution in [0.4, 0.5) is 5.69 Å². The van der Waals surface area contributed by atoms with Crippen LogP contribution in [0.25, 0.3) is 0 Å². The van der Waals surface area contributed by atoms with Crippen molar-refractivity contribution in [3.63, 3.8) is 0 Å². The summed E-state index contributed by atoms with van der Waals surface area (Å²) in [5.74, 6) is -0.395. The minimum Gasteiger partial charge on any atom is -0.478 e. The molecule has 22 heavy (non-hydrogen) atoms. The van der Waals surface area contributed by atoms with Gasteiger partial charge in [-0.2, -0.15) is 5.10 Å². The first-order valence-electron chi connectivity index (χ1n) is 6.69. The lowest BCUT2D eigenvalue weighted by atomic mass is 10.0. The number of benzene rings is 2. The molecule has 0 unspecified atom stereocenters. The molecule has 0 spiro atoms. The van der Waals surface area contributed by atoms with Gasteiger partial charge in [-0.05, 0) is 24.3 Å². The lowest BCUT2D eigenvalue weighted by molar-refractivity contribution is -0.0165. The van der Waals surface area contributed by atoms with E-state index in [9.17, 15) is 9.90 Å². The monoisotopic (exact) mass is 298 g/mol. The molecule has 0 fully saturated rings. The number of hydrazone groups is 1. The van der Waals surface area contributed by atoms with E-state index >= 15 is 0 Å². The molecule has 0 aromatic heterocycles. The number of ether oxygens (including phenoxy) is 2.